The third kappa shape index (κ3) is 2.36. The second kappa shape index (κ2) is 5.80. The highest BCUT2D eigenvalue weighted by atomic mass is 79.9. The highest BCUT2D eigenvalue weighted by molar-refractivity contribution is 9.10. The summed E-state index contributed by atoms with van der Waals surface area (Å²) in [6.07, 6.45) is 1.69. The van der Waals surface area contributed by atoms with Gasteiger partial charge in [0.1, 0.15) is 11.6 Å². The molecule has 0 radical (unpaired) electrons. The summed E-state index contributed by atoms with van der Waals surface area (Å²) in [5, 5.41) is 17.7. The number of nitriles is 1. The molecular weight excluding hydrogens is 370 g/mol. The van der Waals surface area contributed by atoms with Crippen LogP contribution in [0.25, 0.3) is 11.0 Å². The normalized spacial score (nSPS) is 25.6. The Hall–Kier alpha value is -1.49. The van der Waals surface area contributed by atoms with Crippen LogP contribution in [0.1, 0.15) is 44.1 Å². The van der Waals surface area contributed by atoms with Gasteiger partial charge in [0.05, 0.1) is 29.3 Å². The zero-order chi connectivity index (χ0) is 16.9. The van der Waals surface area contributed by atoms with E-state index in [-0.39, 0.29) is 12.1 Å². The smallest absolute Gasteiger partial charge is 0.154 e. The van der Waals surface area contributed by atoms with Crippen molar-refractivity contribution >= 4 is 27.0 Å². The van der Waals surface area contributed by atoms with Gasteiger partial charge in [0.2, 0.25) is 0 Å². The number of ether oxygens (including phenoxy) is 1. The molecular formula is C17H20BrN5O. The van der Waals surface area contributed by atoms with Gasteiger partial charge in [-0.1, -0.05) is 0 Å². The molecule has 1 aliphatic heterocycles. The fourth-order valence-electron chi connectivity index (χ4n) is 3.54. The van der Waals surface area contributed by atoms with Crippen molar-refractivity contribution in [3.8, 4) is 6.07 Å². The molecule has 126 valence electrons. The Balaban J connectivity index is 1.94. The zero-order valence-electron chi connectivity index (χ0n) is 13.8. The SMILES string of the molecule is CCn1nc(Br)c2nc(C3OCCNC3C)cc(C3(C#N)CC3)c21. The lowest BCUT2D eigenvalue weighted by Crippen LogP contribution is -2.41. The molecule has 4 rings (SSSR count). The van der Waals surface area contributed by atoms with Gasteiger partial charge in [-0.05, 0) is 48.7 Å². The van der Waals surface area contributed by atoms with Gasteiger partial charge in [-0.3, -0.25) is 4.68 Å². The van der Waals surface area contributed by atoms with Gasteiger partial charge in [0, 0.05) is 24.7 Å². The molecule has 2 atom stereocenters. The molecule has 2 aromatic rings. The van der Waals surface area contributed by atoms with Gasteiger partial charge in [-0.2, -0.15) is 10.4 Å². The Morgan fingerprint density at radius 3 is 2.96 bits per heavy atom. The van der Waals surface area contributed by atoms with E-state index in [1.54, 1.807) is 0 Å². The Labute approximate surface area is 149 Å². The zero-order valence-corrected chi connectivity index (χ0v) is 15.4. The quantitative estimate of drug-likeness (QED) is 0.872. The number of hydrogen-bond acceptors (Lipinski definition) is 5. The number of fused-ring (bicyclic) bond motifs is 1. The number of halogens is 1. The highest BCUT2D eigenvalue weighted by Crippen LogP contribution is 2.50. The van der Waals surface area contributed by atoms with Gasteiger partial charge in [-0.15, -0.1) is 0 Å². The van der Waals surface area contributed by atoms with Crippen LogP contribution in [0.2, 0.25) is 0 Å². The van der Waals surface area contributed by atoms with Crippen LogP contribution in [0.5, 0.6) is 0 Å². The maximum absolute atomic E-state index is 9.74. The summed E-state index contributed by atoms with van der Waals surface area (Å²) in [6, 6.07) is 4.79. The van der Waals surface area contributed by atoms with Crippen LogP contribution >= 0.6 is 15.9 Å². The number of aryl methyl sites for hydroxylation is 1. The van der Waals surface area contributed by atoms with E-state index in [4.69, 9.17) is 9.72 Å². The Kier molecular flexibility index (Phi) is 3.87. The molecule has 3 heterocycles. The van der Waals surface area contributed by atoms with E-state index in [0.29, 0.717) is 6.61 Å². The molecule has 6 nitrogen and oxygen atoms in total. The lowest BCUT2D eigenvalue weighted by Gasteiger charge is -2.30. The van der Waals surface area contributed by atoms with Crippen molar-refractivity contribution in [3.63, 3.8) is 0 Å². The maximum Gasteiger partial charge on any atom is 0.154 e. The first-order chi connectivity index (χ1) is 11.6. The Bertz CT molecular complexity index is 836. The summed E-state index contributed by atoms with van der Waals surface area (Å²) < 4.78 is 8.64. The lowest BCUT2D eigenvalue weighted by molar-refractivity contribution is -0.00268. The van der Waals surface area contributed by atoms with E-state index < -0.39 is 5.41 Å². The highest BCUT2D eigenvalue weighted by Gasteiger charge is 2.47. The second-order valence-electron chi connectivity index (χ2n) is 6.63. The van der Waals surface area contributed by atoms with Crippen LogP contribution in [-0.4, -0.2) is 34.0 Å². The van der Waals surface area contributed by atoms with E-state index in [0.717, 1.165) is 52.8 Å². The molecule has 2 aliphatic rings. The number of nitrogens with one attached hydrogen (secondary N) is 1. The minimum atomic E-state index is -0.395. The predicted molar refractivity (Wildman–Crippen MR) is 93.6 cm³/mol. The molecule has 0 aromatic carbocycles. The fraction of sp³-hybridized carbons (Fsp3) is 0.588. The average Bonchev–Trinajstić information content (AvgIpc) is 3.34. The molecule has 2 unspecified atom stereocenters. The first kappa shape index (κ1) is 16.0. The van der Waals surface area contributed by atoms with E-state index in [2.05, 4.69) is 52.3 Å². The molecule has 1 aliphatic carbocycles. The third-order valence-electron chi connectivity index (χ3n) is 5.07. The first-order valence-corrected chi connectivity index (χ1v) is 9.22. The van der Waals surface area contributed by atoms with Crippen LogP contribution in [0.4, 0.5) is 0 Å². The number of rotatable bonds is 3. The molecule has 2 fully saturated rings. The van der Waals surface area contributed by atoms with Gasteiger partial charge in [0.15, 0.2) is 4.60 Å². The van der Waals surface area contributed by atoms with Gasteiger partial charge in [0.25, 0.3) is 0 Å². The first-order valence-electron chi connectivity index (χ1n) is 8.43. The Morgan fingerprint density at radius 2 is 2.33 bits per heavy atom. The summed E-state index contributed by atoms with van der Waals surface area (Å²) in [7, 11) is 0. The van der Waals surface area contributed by atoms with E-state index >= 15 is 0 Å². The van der Waals surface area contributed by atoms with E-state index in [1.807, 2.05) is 4.68 Å². The van der Waals surface area contributed by atoms with Crippen molar-refractivity contribution in [1.29, 1.82) is 5.26 Å². The average molecular weight is 390 g/mol. The number of hydrogen-bond donors (Lipinski definition) is 1. The minimum Gasteiger partial charge on any atom is -0.369 e. The molecule has 1 saturated heterocycles. The topological polar surface area (TPSA) is 75.8 Å². The Morgan fingerprint density at radius 1 is 1.54 bits per heavy atom. The van der Waals surface area contributed by atoms with Crippen LogP contribution in [0.15, 0.2) is 10.7 Å². The summed E-state index contributed by atoms with van der Waals surface area (Å²) in [4.78, 5) is 4.85. The van der Waals surface area contributed by atoms with Crippen molar-refractivity contribution < 1.29 is 4.74 Å². The van der Waals surface area contributed by atoms with Gasteiger partial charge in [-0.25, -0.2) is 4.98 Å². The number of aromatic nitrogens is 3. The monoisotopic (exact) mass is 389 g/mol. The van der Waals surface area contributed by atoms with Crippen molar-refractivity contribution in [2.75, 3.05) is 13.2 Å². The van der Waals surface area contributed by atoms with E-state index in [9.17, 15) is 5.26 Å². The second-order valence-corrected chi connectivity index (χ2v) is 7.38. The van der Waals surface area contributed by atoms with Crippen molar-refractivity contribution in [3.05, 3.63) is 21.9 Å². The third-order valence-corrected chi connectivity index (χ3v) is 5.60. The minimum absolute atomic E-state index is 0.103. The maximum atomic E-state index is 9.74. The van der Waals surface area contributed by atoms with Crippen molar-refractivity contribution in [2.24, 2.45) is 0 Å². The van der Waals surface area contributed by atoms with Gasteiger partial charge >= 0.3 is 0 Å². The summed E-state index contributed by atoms with van der Waals surface area (Å²) in [6.45, 7) is 6.43. The van der Waals surface area contributed by atoms with Crippen LogP contribution < -0.4 is 5.32 Å². The molecule has 1 saturated carbocycles. The molecule has 0 spiro atoms. The van der Waals surface area contributed by atoms with Crippen molar-refractivity contribution in [1.82, 2.24) is 20.1 Å². The number of morpholine rings is 1. The molecule has 7 heteroatoms. The van der Waals surface area contributed by atoms with Crippen LogP contribution in [0.3, 0.4) is 0 Å². The molecule has 2 aromatic heterocycles. The van der Waals surface area contributed by atoms with Crippen LogP contribution in [0, 0.1) is 11.3 Å². The van der Waals surface area contributed by atoms with Gasteiger partial charge < -0.3 is 10.1 Å². The number of nitrogens with zero attached hydrogens (tertiary/aromatic N) is 4. The molecule has 0 amide bonds. The molecule has 1 N–H and O–H groups in total. The summed E-state index contributed by atoms with van der Waals surface area (Å²) in [5.74, 6) is 0. The van der Waals surface area contributed by atoms with Crippen molar-refractivity contribution in [2.45, 2.75) is 50.8 Å². The lowest BCUT2D eigenvalue weighted by atomic mass is 9.94. The summed E-state index contributed by atoms with van der Waals surface area (Å²) in [5.41, 5.74) is 3.34. The summed E-state index contributed by atoms with van der Waals surface area (Å²) >= 11 is 3.54. The van der Waals surface area contributed by atoms with E-state index in [1.165, 1.54) is 0 Å². The standard InChI is InChI=1S/C17H20BrN5O/c1-3-23-14-11(17(9-19)4-5-17)8-12(21-13(14)16(18)22-23)15-10(2)20-6-7-24-15/h8,10,15,20H,3-7H2,1-2H3. The molecule has 0 bridgehead atoms. The fourth-order valence-corrected chi connectivity index (χ4v) is 4.01. The molecule has 24 heavy (non-hydrogen) atoms. The van der Waals surface area contributed by atoms with Crippen LogP contribution in [-0.2, 0) is 16.7 Å². The number of pyridine rings is 1. The predicted octanol–water partition coefficient (Wildman–Crippen LogP) is 2.82. The largest absolute Gasteiger partial charge is 0.369 e.